The van der Waals surface area contributed by atoms with Crippen LogP contribution >= 0.6 is 0 Å². The summed E-state index contributed by atoms with van der Waals surface area (Å²) in [7, 11) is 0. The van der Waals surface area contributed by atoms with Gasteiger partial charge in [0.25, 0.3) is 0 Å². The average molecular weight is 1090 g/mol. The van der Waals surface area contributed by atoms with E-state index >= 15 is 0 Å². The molecule has 77 heavy (non-hydrogen) atoms. The summed E-state index contributed by atoms with van der Waals surface area (Å²) in [5.41, 5.74) is 0. The van der Waals surface area contributed by atoms with Gasteiger partial charge >= 0.3 is 17.9 Å². The third-order valence-corrected chi connectivity index (χ3v) is 16.1. The quantitative estimate of drug-likeness (QED) is 0.0366. The van der Waals surface area contributed by atoms with Crippen LogP contribution in [0.25, 0.3) is 0 Å². The number of esters is 3. The van der Waals surface area contributed by atoms with Crippen LogP contribution in [0.4, 0.5) is 0 Å². The lowest BCUT2D eigenvalue weighted by molar-refractivity contribution is -0.144. The Bertz CT molecular complexity index is 1110. The molecule has 1 N–H and O–H groups in total. The van der Waals surface area contributed by atoms with Crippen molar-refractivity contribution in [1.82, 2.24) is 10.2 Å². The second kappa shape index (κ2) is 66.8. The molecule has 0 radical (unpaired) electrons. The van der Waals surface area contributed by atoms with Gasteiger partial charge < -0.3 is 24.4 Å². The van der Waals surface area contributed by atoms with Gasteiger partial charge in [0.05, 0.1) is 19.8 Å². The zero-order chi connectivity index (χ0) is 55.7. The van der Waals surface area contributed by atoms with Gasteiger partial charge in [-0.2, -0.15) is 0 Å². The number of carbonyl (C=O) groups is 3. The lowest BCUT2D eigenvalue weighted by Gasteiger charge is -2.22. The van der Waals surface area contributed by atoms with Crippen molar-refractivity contribution in [3.05, 3.63) is 0 Å². The molecule has 8 heteroatoms. The molecule has 0 rings (SSSR count). The first-order valence-electron chi connectivity index (χ1n) is 34.9. The standard InChI is InChI=1S/C69H136N2O6/c1-4-7-10-13-16-19-22-25-28-31-43-52-64-75-67(72)56-46-37-34-40-49-59-70-60-55-63-71(61-50-41-35-38-47-57-68(73)76-65-53-44-32-29-26-23-20-17-14-11-8-5-2)62-51-42-36-39-48-58-69(74)77-66-54-45-33-30-27-24-21-18-15-12-9-6-3/h70H,4-66H2,1-3H3. The van der Waals surface area contributed by atoms with Crippen LogP contribution in [-0.2, 0) is 28.6 Å². The maximum Gasteiger partial charge on any atom is 0.305 e. The van der Waals surface area contributed by atoms with Crippen molar-refractivity contribution in [3.8, 4) is 0 Å². The van der Waals surface area contributed by atoms with Crippen molar-refractivity contribution in [2.75, 3.05) is 52.5 Å². The first kappa shape index (κ1) is 75.3. The normalized spacial score (nSPS) is 11.5. The SMILES string of the molecule is CCCCCCCCCCCCCCOC(=O)CCCCCCCNCCCN(CCCCCCCC(=O)OCCCCCCCCCCCCCC)CCCCCCCC(=O)OCCCCCCCCCCCCCC. The molecule has 0 spiro atoms. The third-order valence-electron chi connectivity index (χ3n) is 16.1. The van der Waals surface area contributed by atoms with Crippen LogP contribution in [0.2, 0.25) is 0 Å². The summed E-state index contributed by atoms with van der Waals surface area (Å²) in [6.45, 7) is 14.2. The Morgan fingerprint density at radius 3 is 0.740 bits per heavy atom. The minimum Gasteiger partial charge on any atom is -0.466 e. The molecule has 0 bridgehead atoms. The van der Waals surface area contributed by atoms with Crippen LogP contribution in [0.3, 0.4) is 0 Å². The average Bonchev–Trinajstić information content (AvgIpc) is 3.43. The van der Waals surface area contributed by atoms with Crippen molar-refractivity contribution in [2.45, 2.75) is 374 Å². The van der Waals surface area contributed by atoms with Crippen molar-refractivity contribution in [2.24, 2.45) is 0 Å². The van der Waals surface area contributed by atoms with E-state index in [1.54, 1.807) is 0 Å². The predicted molar refractivity (Wildman–Crippen MR) is 333 cm³/mol. The third kappa shape index (κ3) is 65.0. The second-order valence-electron chi connectivity index (χ2n) is 23.8. The molecule has 0 aliphatic carbocycles. The fourth-order valence-electron chi connectivity index (χ4n) is 10.8. The largest absolute Gasteiger partial charge is 0.466 e. The molecule has 0 heterocycles. The van der Waals surface area contributed by atoms with E-state index in [-0.39, 0.29) is 17.9 Å². The summed E-state index contributed by atoms with van der Waals surface area (Å²) in [4.78, 5) is 39.6. The van der Waals surface area contributed by atoms with Crippen LogP contribution < -0.4 is 5.32 Å². The van der Waals surface area contributed by atoms with Gasteiger partial charge in [0.2, 0.25) is 0 Å². The lowest BCUT2D eigenvalue weighted by Crippen LogP contribution is -2.30. The molecule has 8 nitrogen and oxygen atoms in total. The number of rotatable bonds is 67. The van der Waals surface area contributed by atoms with Gasteiger partial charge in [-0.1, -0.05) is 290 Å². The zero-order valence-electron chi connectivity index (χ0n) is 52.4. The van der Waals surface area contributed by atoms with E-state index in [1.807, 2.05) is 0 Å². The molecular weight excluding hydrogens is 953 g/mol. The van der Waals surface area contributed by atoms with Gasteiger partial charge in [-0.3, -0.25) is 14.4 Å². The molecule has 0 fully saturated rings. The Kier molecular flexibility index (Phi) is 65.4. The molecule has 0 saturated carbocycles. The molecule has 0 aromatic carbocycles. The lowest BCUT2D eigenvalue weighted by atomic mass is 10.1. The van der Waals surface area contributed by atoms with E-state index in [4.69, 9.17) is 14.2 Å². The van der Waals surface area contributed by atoms with Crippen LogP contribution in [-0.4, -0.2) is 75.4 Å². The number of ether oxygens (including phenoxy) is 3. The van der Waals surface area contributed by atoms with Crippen LogP contribution in [0.15, 0.2) is 0 Å². The molecule has 0 aliphatic rings. The van der Waals surface area contributed by atoms with Crippen molar-refractivity contribution in [1.29, 1.82) is 0 Å². The van der Waals surface area contributed by atoms with Crippen molar-refractivity contribution >= 4 is 17.9 Å². The van der Waals surface area contributed by atoms with Crippen LogP contribution in [0, 0.1) is 0 Å². The van der Waals surface area contributed by atoms with E-state index in [0.29, 0.717) is 39.1 Å². The Morgan fingerprint density at radius 2 is 0.455 bits per heavy atom. The number of nitrogens with zero attached hydrogens (tertiary/aromatic N) is 1. The van der Waals surface area contributed by atoms with Gasteiger partial charge in [-0.15, -0.1) is 0 Å². The van der Waals surface area contributed by atoms with Gasteiger partial charge in [0.1, 0.15) is 0 Å². The Morgan fingerprint density at radius 1 is 0.247 bits per heavy atom. The van der Waals surface area contributed by atoms with Crippen LogP contribution in [0.5, 0.6) is 0 Å². The van der Waals surface area contributed by atoms with Crippen molar-refractivity contribution < 1.29 is 28.6 Å². The molecular formula is C69H136N2O6. The molecule has 458 valence electrons. The topological polar surface area (TPSA) is 94.2 Å². The fourth-order valence-corrected chi connectivity index (χ4v) is 10.8. The Balaban J connectivity index is 4.18. The number of unbranched alkanes of at least 4 members (excludes halogenated alkanes) is 45. The summed E-state index contributed by atoms with van der Waals surface area (Å²) in [6, 6.07) is 0. The number of hydrogen-bond donors (Lipinski definition) is 1. The minimum absolute atomic E-state index is 0.00761. The Labute approximate surface area is 481 Å². The minimum atomic E-state index is -0.00767. The van der Waals surface area contributed by atoms with Crippen molar-refractivity contribution in [3.63, 3.8) is 0 Å². The molecule has 0 aromatic rings. The first-order chi connectivity index (χ1) is 38.0. The molecule has 0 saturated heterocycles. The summed E-state index contributed by atoms with van der Waals surface area (Å²) in [6.07, 6.45) is 67.4. The highest BCUT2D eigenvalue weighted by molar-refractivity contribution is 5.69. The highest BCUT2D eigenvalue weighted by atomic mass is 16.5. The predicted octanol–water partition coefficient (Wildman–Crippen LogP) is 21.0. The van der Waals surface area contributed by atoms with E-state index < -0.39 is 0 Å². The summed E-state index contributed by atoms with van der Waals surface area (Å²) in [5.74, 6) is -0.0229. The fraction of sp³-hybridized carbons (Fsp3) is 0.957. The highest BCUT2D eigenvalue weighted by Crippen LogP contribution is 2.17. The van der Waals surface area contributed by atoms with Gasteiger partial charge in [-0.25, -0.2) is 0 Å². The number of hydrogen-bond acceptors (Lipinski definition) is 8. The van der Waals surface area contributed by atoms with Gasteiger partial charge in [0, 0.05) is 19.3 Å². The first-order valence-corrected chi connectivity index (χ1v) is 34.9. The Hall–Kier alpha value is -1.67. The maximum atomic E-state index is 12.3. The smallest absolute Gasteiger partial charge is 0.305 e. The summed E-state index contributed by atoms with van der Waals surface area (Å²) < 4.78 is 16.6. The van der Waals surface area contributed by atoms with E-state index in [2.05, 4.69) is 31.0 Å². The number of nitrogens with one attached hydrogen (secondary N) is 1. The molecule has 0 atom stereocenters. The molecule has 0 amide bonds. The maximum absolute atomic E-state index is 12.3. The monoisotopic (exact) mass is 1090 g/mol. The summed E-state index contributed by atoms with van der Waals surface area (Å²) >= 11 is 0. The van der Waals surface area contributed by atoms with Gasteiger partial charge in [0.15, 0.2) is 0 Å². The van der Waals surface area contributed by atoms with E-state index in [1.165, 1.54) is 276 Å². The van der Waals surface area contributed by atoms with Crippen LogP contribution in [0.1, 0.15) is 374 Å². The molecule has 0 unspecified atom stereocenters. The van der Waals surface area contributed by atoms with E-state index in [0.717, 1.165) is 90.5 Å². The summed E-state index contributed by atoms with van der Waals surface area (Å²) in [5, 5.41) is 3.70. The second-order valence-corrected chi connectivity index (χ2v) is 23.8. The number of carbonyl (C=O) groups excluding carboxylic acids is 3. The zero-order valence-corrected chi connectivity index (χ0v) is 52.4. The molecule has 0 aromatic heterocycles. The van der Waals surface area contributed by atoms with E-state index in [9.17, 15) is 14.4 Å². The molecule has 0 aliphatic heterocycles. The van der Waals surface area contributed by atoms with Gasteiger partial charge in [-0.05, 0) is 96.9 Å². The highest BCUT2D eigenvalue weighted by Gasteiger charge is 2.09.